The van der Waals surface area contributed by atoms with Crippen LogP contribution >= 0.6 is 0 Å². The van der Waals surface area contributed by atoms with Crippen LogP contribution in [0.15, 0.2) is 24.3 Å². The normalized spacial score (nSPS) is 19.3. The molecule has 2 fully saturated rings. The Labute approximate surface area is 153 Å². The number of carbonyl (C=O) groups excluding carboxylic acids is 2. The van der Waals surface area contributed by atoms with Crippen molar-refractivity contribution < 1.29 is 19.5 Å². The molecule has 6 heteroatoms. The molecule has 1 heterocycles. The van der Waals surface area contributed by atoms with Crippen LogP contribution in [0.4, 0.5) is 0 Å². The fourth-order valence-corrected chi connectivity index (χ4v) is 3.72. The zero-order valence-corrected chi connectivity index (χ0v) is 15.4. The number of aromatic carboxylic acids is 1. The van der Waals surface area contributed by atoms with Gasteiger partial charge in [0.1, 0.15) is 0 Å². The molecule has 1 saturated carbocycles. The van der Waals surface area contributed by atoms with Crippen LogP contribution in [0.3, 0.4) is 0 Å². The lowest BCUT2D eigenvalue weighted by molar-refractivity contribution is -0.148. The molecule has 0 aromatic heterocycles. The van der Waals surface area contributed by atoms with Crippen molar-refractivity contribution in [3.05, 3.63) is 35.4 Å². The molecule has 0 bridgehead atoms. The van der Waals surface area contributed by atoms with Crippen molar-refractivity contribution in [2.45, 2.75) is 45.1 Å². The average Bonchev–Trinajstić information content (AvgIpc) is 3.43. The van der Waals surface area contributed by atoms with E-state index in [-0.39, 0.29) is 29.7 Å². The first-order chi connectivity index (χ1) is 12.3. The first kappa shape index (κ1) is 18.4. The zero-order valence-electron chi connectivity index (χ0n) is 15.4. The van der Waals surface area contributed by atoms with Crippen molar-refractivity contribution in [2.24, 2.45) is 5.92 Å². The minimum atomic E-state index is -0.972. The molecular formula is C20H26N2O4. The zero-order chi connectivity index (χ0) is 18.9. The van der Waals surface area contributed by atoms with E-state index in [4.69, 9.17) is 0 Å². The van der Waals surface area contributed by atoms with Crippen molar-refractivity contribution >= 4 is 17.8 Å². The first-order valence-corrected chi connectivity index (χ1v) is 9.20. The van der Waals surface area contributed by atoms with E-state index in [1.807, 2.05) is 23.6 Å². The molecule has 1 aromatic carbocycles. The largest absolute Gasteiger partial charge is 0.478 e. The second-order valence-corrected chi connectivity index (χ2v) is 7.85. The van der Waals surface area contributed by atoms with Crippen molar-refractivity contribution in [3.63, 3.8) is 0 Å². The minimum Gasteiger partial charge on any atom is -0.478 e. The summed E-state index contributed by atoms with van der Waals surface area (Å²) in [5.41, 5.74) is 0.514. The molecule has 1 saturated heterocycles. The number of carbonyl (C=O) groups is 3. The molecule has 1 aliphatic carbocycles. The summed E-state index contributed by atoms with van der Waals surface area (Å²) in [6, 6.07) is 6.80. The maximum absolute atomic E-state index is 12.8. The molecule has 0 radical (unpaired) electrons. The van der Waals surface area contributed by atoms with E-state index in [9.17, 15) is 19.5 Å². The molecule has 1 N–H and O–H groups in total. The van der Waals surface area contributed by atoms with Crippen LogP contribution in [0.2, 0.25) is 0 Å². The van der Waals surface area contributed by atoms with Gasteiger partial charge in [-0.1, -0.05) is 18.2 Å². The SMILES string of the molecule is CC1(C)CN(C(=O)C2CC2)CCN1C(=O)CCc1ccccc1C(=O)O. The Balaban J connectivity index is 1.61. The number of aryl methyl sites for hydroxylation is 1. The van der Waals surface area contributed by atoms with E-state index in [0.29, 0.717) is 31.6 Å². The van der Waals surface area contributed by atoms with Gasteiger partial charge in [-0.2, -0.15) is 0 Å². The molecule has 6 nitrogen and oxygen atoms in total. The van der Waals surface area contributed by atoms with Gasteiger partial charge < -0.3 is 14.9 Å². The van der Waals surface area contributed by atoms with Crippen LogP contribution in [0.1, 0.15) is 49.0 Å². The molecule has 26 heavy (non-hydrogen) atoms. The summed E-state index contributed by atoms with van der Waals surface area (Å²) in [5.74, 6) is -0.546. The van der Waals surface area contributed by atoms with Crippen molar-refractivity contribution in [1.82, 2.24) is 9.80 Å². The number of hydrogen-bond acceptors (Lipinski definition) is 3. The molecule has 0 unspecified atom stereocenters. The predicted octanol–water partition coefficient (Wildman–Crippen LogP) is 2.18. The Morgan fingerprint density at radius 2 is 1.85 bits per heavy atom. The topological polar surface area (TPSA) is 77.9 Å². The second kappa shape index (κ2) is 7.09. The van der Waals surface area contributed by atoms with Crippen LogP contribution in [0.25, 0.3) is 0 Å². The highest BCUT2D eigenvalue weighted by atomic mass is 16.4. The molecule has 140 valence electrons. The number of carboxylic acids is 1. The lowest BCUT2D eigenvalue weighted by Crippen LogP contribution is -2.62. The fraction of sp³-hybridized carbons (Fsp3) is 0.550. The Morgan fingerprint density at radius 3 is 2.46 bits per heavy atom. The molecule has 3 rings (SSSR count). The smallest absolute Gasteiger partial charge is 0.335 e. The lowest BCUT2D eigenvalue weighted by Gasteiger charge is -2.47. The third-order valence-electron chi connectivity index (χ3n) is 5.30. The Bertz CT molecular complexity index is 724. The molecule has 1 aliphatic heterocycles. The maximum Gasteiger partial charge on any atom is 0.335 e. The van der Waals surface area contributed by atoms with Crippen LogP contribution in [0.5, 0.6) is 0 Å². The van der Waals surface area contributed by atoms with Crippen molar-refractivity contribution in [3.8, 4) is 0 Å². The van der Waals surface area contributed by atoms with Crippen molar-refractivity contribution in [1.29, 1.82) is 0 Å². The molecule has 0 spiro atoms. The quantitative estimate of drug-likeness (QED) is 0.875. The van der Waals surface area contributed by atoms with Crippen molar-refractivity contribution in [2.75, 3.05) is 19.6 Å². The van der Waals surface area contributed by atoms with E-state index in [0.717, 1.165) is 12.8 Å². The van der Waals surface area contributed by atoms with Crippen LogP contribution in [-0.4, -0.2) is 57.9 Å². The second-order valence-electron chi connectivity index (χ2n) is 7.85. The predicted molar refractivity (Wildman–Crippen MR) is 96.8 cm³/mol. The van der Waals surface area contributed by atoms with Gasteiger partial charge in [-0.05, 0) is 44.7 Å². The average molecular weight is 358 g/mol. The minimum absolute atomic E-state index is 0.00807. The van der Waals surface area contributed by atoms with Gasteiger partial charge in [0, 0.05) is 32.0 Å². The van der Waals surface area contributed by atoms with Gasteiger partial charge in [-0.25, -0.2) is 4.79 Å². The molecule has 2 amide bonds. The highest BCUT2D eigenvalue weighted by Crippen LogP contribution is 2.33. The third kappa shape index (κ3) is 3.89. The van der Waals surface area contributed by atoms with Gasteiger partial charge >= 0.3 is 5.97 Å². The van der Waals surface area contributed by atoms with E-state index in [2.05, 4.69) is 0 Å². The first-order valence-electron chi connectivity index (χ1n) is 9.20. The number of carboxylic acid groups (broad SMARTS) is 1. The summed E-state index contributed by atoms with van der Waals surface area (Å²) >= 11 is 0. The van der Waals surface area contributed by atoms with Crippen LogP contribution in [0, 0.1) is 5.92 Å². The summed E-state index contributed by atoms with van der Waals surface area (Å²) in [6.07, 6.45) is 2.64. The Morgan fingerprint density at radius 1 is 1.15 bits per heavy atom. The van der Waals surface area contributed by atoms with Gasteiger partial charge in [0.25, 0.3) is 0 Å². The maximum atomic E-state index is 12.8. The molecular weight excluding hydrogens is 332 g/mol. The monoisotopic (exact) mass is 358 g/mol. The molecule has 2 aliphatic rings. The van der Waals surface area contributed by atoms with E-state index in [1.54, 1.807) is 24.3 Å². The van der Waals surface area contributed by atoms with Gasteiger partial charge in [0.2, 0.25) is 11.8 Å². The number of rotatable bonds is 5. The van der Waals surface area contributed by atoms with E-state index < -0.39 is 11.5 Å². The Hall–Kier alpha value is -2.37. The third-order valence-corrected chi connectivity index (χ3v) is 5.30. The highest BCUT2D eigenvalue weighted by Gasteiger charge is 2.41. The number of piperazine rings is 1. The summed E-state index contributed by atoms with van der Waals surface area (Å²) in [6.45, 7) is 5.64. The number of benzene rings is 1. The fourth-order valence-electron chi connectivity index (χ4n) is 3.72. The standard InChI is InChI=1S/C20H26N2O4/c1-20(2)13-21(18(24)15-7-8-15)11-12-22(20)17(23)10-9-14-5-3-4-6-16(14)19(25)26/h3-6,15H,7-13H2,1-2H3,(H,25,26). The number of nitrogens with zero attached hydrogens (tertiary/aromatic N) is 2. The van der Waals surface area contributed by atoms with Gasteiger partial charge in [-0.15, -0.1) is 0 Å². The number of amides is 2. The summed E-state index contributed by atoms with van der Waals surface area (Å²) in [7, 11) is 0. The summed E-state index contributed by atoms with van der Waals surface area (Å²) in [5, 5.41) is 9.26. The Kier molecular flexibility index (Phi) is 5.03. The number of hydrogen-bond donors (Lipinski definition) is 1. The summed E-state index contributed by atoms with van der Waals surface area (Å²) < 4.78 is 0. The van der Waals surface area contributed by atoms with Crippen LogP contribution in [-0.2, 0) is 16.0 Å². The van der Waals surface area contributed by atoms with E-state index in [1.165, 1.54) is 0 Å². The van der Waals surface area contributed by atoms with Gasteiger partial charge in [0.15, 0.2) is 0 Å². The molecule has 1 aromatic rings. The van der Waals surface area contributed by atoms with Gasteiger partial charge in [0.05, 0.1) is 11.1 Å². The van der Waals surface area contributed by atoms with Gasteiger partial charge in [-0.3, -0.25) is 9.59 Å². The summed E-state index contributed by atoms with van der Waals surface area (Å²) in [4.78, 5) is 40.1. The van der Waals surface area contributed by atoms with E-state index >= 15 is 0 Å². The lowest BCUT2D eigenvalue weighted by atomic mass is 9.96. The highest BCUT2D eigenvalue weighted by molar-refractivity contribution is 5.89. The van der Waals surface area contributed by atoms with Crippen LogP contribution < -0.4 is 0 Å². The molecule has 0 atom stereocenters.